The fourth-order valence-corrected chi connectivity index (χ4v) is 6.31. The molecule has 2 heterocycles. The van der Waals surface area contributed by atoms with Gasteiger partial charge in [-0.2, -0.15) is 35.7 Å². The van der Waals surface area contributed by atoms with Crippen LogP contribution in [0.3, 0.4) is 0 Å². The van der Waals surface area contributed by atoms with Crippen molar-refractivity contribution in [3.05, 3.63) is 82.1 Å². The molecule has 2 aromatic carbocycles. The topological polar surface area (TPSA) is 84.3 Å². The number of nitrogens with zero attached hydrogens (tertiary/aromatic N) is 3. The van der Waals surface area contributed by atoms with Crippen molar-refractivity contribution in [1.82, 2.24) is 19.4 Å². The molecule has 0 saturated carbocycles. The molecule has 0 spiro atoms. The molecular weight excluding hydrogens is 562 g/mol. The molecule has 38 heavy (non-hydrogen) atoms. The summed E-state index contributed by atoms with van der Waals surface area (Å²) in [6, 6.07) is 10.1. The zero-order chi connectivity index (χ0) is 28.0. The predicted molar refractivity (Wildman–Crippen MR) is 124 cm³/mol. The highest BCUT2D eigenvalue weighted by Gasteiger charge is 2.46. The molecule has 1 aliphatic rings. The summed E-state index contributed by atoms with van der Waals surface area (Å²) in [6.45, 7) is -0.754. The van der Waals surface area contributed by atoms with Crippen molar-refractivity contribution >= 4 is 27.5 Å². The third kappa shape index (κ3) is 5.38. The average Bonchev–Trinajstić information content (AvgIpc) is 3.43. The number of nitrogens with one attached hydrogen (secondary N) is 1. The number of aromatic nitrogens is 2. The van der Waals surface area contributed by atoms with Crippen molar-refractivity contribution in [3.63, 3.8) is 0 Å². The number of carbonyl (C=O) groups is 1. The van der Waals surface area contributed by atoms with E-state index < -0.39 is 73.5 Å². The van der Waals surface area contributed by atoms with Gasteiger partial charge in [-0.3, -0.25) is 9.48 Å². The smallest absolute Gasteiger partial charge is 0.347 e. The van der Waals surface area contributed by atoms with Gasteiger partial charge in [-0.05, 0) is 17.7 Å². The molecule has 0 bridgehead atoms. The van der Waals surface area contributed by atoms with E-state index in [1.165, 1.54) is 0 Å². The minimum absolute atomic E-state index is 0.306. The van der Waals surface area contributed by atoms with Crippen LogP contribution in [0.2, 0.25) is 5.02 Å². The Morgan fingerprint density at radius 3 is 2.26 bits per heavy atom. The Morgan fingerprint density at radius 1 is 1.00 bits per heavy atom. The number of hydrogen-bond acceptors (Lipinski definition) is 4. The van der Waals surface area contributed by atoms with Crippen LogP contribution in [0.25, 0.3) is 0 Å². The Morgan fingerprint density at radius 2 is 1.66 bits per heavy atom. The van der Waals surface area contributed by atoms with E-state index in [-0.39, 0.29) is 6.54 Å². The average molecular weight is 581 g/mol. The van der Waals surface area contributed by atoms with Gasteiger partial charge in [-0.1, -0.05) is 48.0 Å². The van der Waals surface area contributed by atoms with E-state index in [2.05, 4.69) is 10.4 Å². The SMILES string of the molecule is Cn1cc(S(=O)(=O)N2CC(NC(=O)c3cccc(C(F)(F)F)c3Cl)C(c3ccccc3)C2)c(C(F)(F)F)n1. The van der Waals surface area contributed by atoms with Gasteiger partial charge < -0.3 is 5.32 Å². The molecule has 2 atom stereocenters. The minimum atomic E-state index is -5.05. The molecule has 1 N–H and O–H groups in total. The van der Waals surface area contributed by atoms with Gasteiger partial charge in [0.05, 0.1) is 22.2 Å². The monoisotopic (exact) mass is 580 g/mol. The first kappa shape index (κ1) is 27.9. The van der Waals surface area contributed by atoms with Crippen LogP contribution in [0.4, 0.5) is 26.3 Å². The lowest BCUT2D eigenvalue weighted by Gasteiger charge is -2.21. The molecular formula is C23H19ClF6N4O3S. The molecule has 2 unspecified atom stereocenters. The van der Waals surface area contributed by atoms with E-state index in [0.717, 1.165) is 34.4 Å². The molecule has 0 aliphatic carbocycles. The summed E-state index contributed by atoms with van der Waals surface area (Å²) in [7, 11) is -3.59. The standard InChI is InChI=1S/C23H19ClF6N4O3S/c1-33-12-18(20(32-33)23(28,29)30)38(36,37)34-10-15(13-6-3-2-4-7-13)17(11-34)31-21(35)14-8-5-9-16(19(14)24)22(25,26)27/h2-9,12,15,17H,10-11H2,1H3,(H,31,35). The van der Waals surface area contributed by atoms with E-state index >= 15 is 0 Å². The Kier molecular flexibility index (Phi) is 7.27. The number of benzene rings is 2. The zero-order valence-electron chi connectivity index (χ0n) is 19.4. The van der Waals surface area contributed by atoms with Crippen molar-refractivity contribution < 1.29 is 39.6 Å². The summed E-state index contributed by atoms with van der Waals surface area (Å²) in [5, 5.41) is 4.95. The van der Waals surface area contributed by atoms with Crippen molar-refractivity contribution in [2.75, 3.05) is 13.1 Å². The Labute approximate surface area is 218 Å². The van der Waals surface area contributed by atoms with Gasteiger partial charge in [0.2, 0.25) is 10.0 Å². The maximum Gasteiger partial charge on any atom is 0.436 e. The summed E-state index contributed by atoms with van der Waals surface area (Å²) in [5.41, 5.74) is -2.73. The van der Waals surface area contributed by atoms with Crippen LogP contribution in [-0.4, -0.2) is 47.5 Å². The number of aryl methyl sites for hydroxylation is 1. The largest absolute Gasteiger partial charge is 0.436 e. The van der Waals surface area contributed by atoms with E-state index in [1.807, 2.05) is 0 Å². The highest BCUT2D eigenvalue weighted by Crippen LogP contribution is 2.38. The van der Waals surface area contributed by atoms with E-state index in [0.29, 0.717) is 11.6 Å². The molecule has 15 heteroatoms. The van der Waals surface area contributed by atoms with E-state index in [4.69, 9.17) is 11.6 Å². The lowest BCUT2D eigenvalue weighted by molar-refractivity contribution is -0.143. The highest BCUT2D eigenvalue weighted by atomic mass is 35.5. The lowest BCUT2D eigenvalue weighted by Crippen LogP contribution is -2.40. The quantitative estimate of drug-likeness (QED) is 0.444. The number of carbonyl (C=O) groups excluding carboxylic acids is 1. The molecule has 3 aromatic rings. The highest BCUT2D eigenvalue weighted by molar-refractivity contribution is 7.89. The number of halogens is 7. The molecule has 4 rings (SSSR count). The summed E-state index contributed by atoms with van der Waals surface area (Å²) in [6.07, 6.45) is -9.13. The summed E-state index contributed by atoms with van der Waals surface area (Å²) >= 11 is 5.87. The summed E-state index contributed by atoms with van der Waals surface area (Å²) in [5.74, 6) is -1.73. The first-order chi connectivity index (χ1) is 17.6. The summed E-state index contributed by atoms with van der Waals surface area (Å²) < 4.78 is 108. The zero-order valence-corrected chi connectivity index (χ0v) is 21.0. The molecule has 1 aromatic heterocycles. The van der Waals surface area contributed by atoms with E-state index in [9.17, 15) is 39.6 Å². The Hall–Kier alpha value is -3.10. The van der Waals surface area contributed by atoms with Crippen LogP contribution >= 0.6 is 11.6 Å². The number of alkyl halides is 6. The predicted octanol–water partition coefficient (Wildman–Crippen LogP) is 4.70. The molecule has 204 valence electrons. The normalized spacial score (nSPS) is 19.1. The lowest BCUT2D eigenvalue weighted by atomic mass is 9.94. The van der Waals surface area contributed by atoms with Gasteiger partial charge in [0.15, 0.2) is 5.69 Å². The molecule has 1 fully saturated rings. The van der Waals surface area contributed by atoms with Crippen LogP contribution in [0.15, 0.2) is 59.6 Å². The van der Waals surface area contributed by atoms with Crippen molar-refractivity contribution in [2.24, 2.45) is 7.05 Å². The molecule has 0 radical (unpaired) electrons. The second-order valence-corrected chi connectivity index (χ2v) is 10.9. The molecule has 7 nitrogen and oxygen atoms in total. The van der Waals surface area contributed by atoms with Crippen LogP contribution in [0.1, 0.15) is 33.1 Å². The number of hydrogen-bond donors (Lipinski definition) is 1. The maximum atomic E-state index is 13.5. The number of sulfonamides is 1. The van der Waals surface area contributed by atoms with Gasteiger partial charge in [-0.25, -0.2) is 8.42 Å². The Bertz CT molecular complexity index is 1460. The van der Waals surface area contributed by atoms with E-state index in [1.54, 1.807) is 30.3 Å². The van der Waals surface area contributed by atoms with Crippen molar-refractivity contribution in [1.29, 1.82) is 0 Å². The van der Waals surface area contributed by atoms with Gasteiger partial charge in [0.25, 0.3) is 5.91 Å². The van der Waals surface area contributed by atoms with Crippen LogP contribution in [-0.2, 0) is 29.4 Å². The summed E-state index contributed by atoms with van der Waals surface area (Å²) in [4.78, 5) is 12.0. The number of rotatable bonds is 5. The van der Waals surface area contributed by atoms with Gasteiger partial charge >= 0.3 is 12.4 Å². The second-order valence-electron chi connectivity index (χ2n) is 8.60. The first-order valence-corrected chi connectivity index (χ1v) is 12.7. The molecule has 1 amide bonds. The second kappa shape index (κ2) is 9.89. The fraction of sp³-hybridized carbons (Fsp3) is 0.304. The molecule has 1 saturated heterocycles. The van der Waals surface area contributed by atoms with Gasteiger partial charge in [0, 0.05) is 32.3 Å². The van der Waals surface area contributed by atoms with Crippen molar-refractivity contribution in [3.8, 4) is 0 Å². The maximum absolute atomic E-state index is 13.5. The third-order valence-electron chi connectivity index (χ3n) is 6.06. The van der Waals surface area contributed by atoms with Crippen LogP contribution in [0.5, 0.6) is 0 Å². The van der Waals surface area contributed by atoms with Crippen LogP contribution in [0, 0.1) is 0 Å². The number of amides is 1. The molecule has 1 aliphatic heterocycles. The van der Waals surface area contributed by atoms with Gasteiger partial charge in [-0.15, -0.1) is 0 Å². The van der Waals surface area contributed by atoms with Crippen molar-refractivity contribution in [2.45, 2.75) is 29.2 Å². The van der Waals surface area contributed by atoms with Crippen LogP contribution < -0.4 is 5.32 Å². The Balaban J connectivity index is 1.69. The minimum Gasteiger partial charge on any atom is -0.347 e. The fourth-order valence-electron chi connectivity index (χ4n) is 4.31. The first-order valence-electron chi connectivity index (χ1n) is 10.9. The van der Waals surface area contributed by atoms with Gasteiger partial charge in [0.1, 0.15) is 4.90 Å². The third-order valence-corrected chi connectivity index (χ3v) is 8.30.